The molecule has 1 heterocycles. The summed E-state index contributed by atoms with van der Waals surface area (Å²) < 4.78 is 23.2. The van der Waals surface area contributed by atoms with Gasteiger partial charge in [-0.25, -0.2) is 9.18 Å². The molecule has 0 aliphatic carbocycles. The summed E-state index contributed by atoms with van der Waals surface area (Å²) in [6.45, 7) is 4.93. The Morgan fingerprint density at radius 2 is 1.95 bits per heavy atom. The lowest BCUT2D eigenvalue weighted by Gasteiger charge is -2.18. The van der Waals surface area contributed by atoms with Gasteiger partial charge in [-0.05, 0) is 31.2 Å². The van der Waals surface area contributed by atoms with Gasteiger partial charge in [0.05, 0.1) is 13.1 Å². The summed E-state index contributed by atoms with van der Waals surface area (Å²) in [5, 5.41) is 0. The van der Waals surface area contributed by atoms with E-state index in [1.165, 1.54) is 42.0 Å². The molecule has 4 nitrogen and oxygen atoms in total. The van der Waals surface area contributed by atoms with Crippen molar-refractivity contribution < 1.29 is 23.6 Å². The molecule has 0 spiro atoms. The number of halogens is 1. The van der Waals surface area contributed by atoms with E-state index in [4.69, 9.17) is 9.47 Å². The molecule has 0 saturated carbocycles. The molecule has 1 N–H and O–H groups in total. The Labute approximate surface area is 118 Å². The molecule has 0 amide bonds. The standard InChI is InChI=1S/C15H20FNO3/c1-12(10-17-8-2-3-9-17)20-15(18)11-19-14-6-4-13(16)5-7-14/h4-7,12H,2-3,8-11H2,1H3/p+1/t12-/m1/s1. The summed E-state index contributed by atoms with van der Waals surface area (Å²) in [5.41, 5.74) is 0. The Morgan fingerprint density at radius 3 is 2.60 bits per heavy atom. The number of likely N-dealkylation sites (tertiary alicyclic amines) is 1. The lowest BCUT2D eigenvalue weighted by Crippen LogP contribution is -3.11. The molecule has 1 aliphatic heterocycles. The third-order valence-electron chi connectivity index (χ3n) is 3.39. The van der Waals surface area contributed by atoms with Crippen molar-refractivity contribution in [3.63, 3.8) is 0 Å². The van der Waals surface area contributed by atoms with Crippen LogP contribution in [0.5, 0.6) is 5.75 Å². The number of rotatable bonds is 6. The van der Waals surface area contributed by atoms with Crippen molar-refractivity contribution in [2.24, 2.45) is 0 Å². The minimum absolute atomic E-state index is 0.104. The quantitative estimate of drug-likeness (QED) is 0.785. The number of hydrogen-bond acceptors (Lipinski definition) is 3. The number of carbonyl (C=O) groups excluding carboxylic acids is 1. The van der Waals surface area contributed by atoms with E-state index in [0.717, 1.165) is 19.6 Å². The zero-order valence-corrected chi connectivity index (χ0v) is 11.7. The van der Waals surface area contributed by atoms with Crippen LogP contribution >= 0.6 is 0 Å². The molecule has 0 aromatic heterocycles. The lowest BCUT2D eigenvalue weighted by atomic mass is 10.3. The van der Waals surface area contributed by atoms with E-state index < -0.39 is 0 Å². The molecule has 2 rings (SSSR count). The van der Waals surface area contributed by atoms with Crippen LogP contribution < -0.4 is 9.64 Å². The van der Waals surface area contributed by atoms with Crippen LogP contribution in [0, 0.1) is 5.82 Å². The van der Waals surface area contributed by atoms with E-state index >= 15 is 0 Å². The van der Waals surface area contributed by atoms with Crippen molar-refractivity contribution in [1.82, 2.24) is 0 Å². The molecule has 1 aromatic rings. The summed E-state index contributed by atoms with van der Waals surface area (Å²) in [5.74, 6) is -0.260. The Hall–Kier alpha value is -1.62. The van der Waals surface area contributed by atoms with Crippen LogP contribution in [0.2, 0.25) is 0 Å². The maximum absolute atomic E-state index is 12.7. The number of esters is 1. The van der Waals surface area contributed by atoms with Gasteiger partial charge >= 0.3 is 5.97 Å². The number of hydrogen-bond donors (Lipinski definition) is 1. The van der Waals surface area contributed by atoms with Crippen LogP contribution in [0.3, 0.4) is 0 Å². The lowest BCUT2D eigenvalue weighted by molar-refractivity contribution is -0.890. The number of benzene rings is 1. The first-order valence-corrected chi connectivity index (χ1v) is 7.05. The highest BCUT2D eigenvalue weighted by molar-refractivity contribution is 5.71. The van der Waals surface area contributed by atoms with Crippen LogP contribution in [0.25, 0.3) is 0 Å². The Balaban J connectivity index is 1.67. The van der Waals surface area contributed by atoms with Crippen molar-refractivity contribution in [1.29, 1.82) is 0 Å². The van der Waals surface area contributed by atoms with Gasteiger partial charge in [0.2, 0.25) is 0 Å². The molecular formula is C15H21FNO3+. The number of carbonyl (C=O) groups is 1. The number of quaternary nitrogens is 1. The minimum atomic E-state index is -0.388. The third-order valence-corrected chi connectivity index (χ3v) is 3.39. The first-order chi connectivity index (χ1) is 9.63. The first kappa shape index (κ1) is 14.8. The molecule has 0 radical (unpaired) electrons. The van der Waals surface area contributed by atoms with E-state index in [2.05, 4.69) is 0 Å². The monoisotopic (exact) mass is 282 g/mol. The van der Waals surface area contributed by atoms with Gasteiger partial charge in [-0.2, -0.15) is 0 Å². The topological polar surface area (TPSA) is 40.0 Å². The van der Waals surface area contributed by atoms with Gasteiger partial charge in [0, 0.05) is 12.8 Å². The zero-order chi connectivity index (χ0) is 14.4. The fourth-order valence-electron chi connectivity index (χ4n) is 2.46. The molecule has 1 saturated heterocycles. The fourth-order valence-corrected chi connectivity index (χ4v) is 2.46. The summed E-state index contributed by atoms with van der Waals surface area (Å²) >= 11 is 0. The van der Waals surface area contributed by atoms with Gasteiger partial charge in [-0.3, -0.25) is 0 Å². The van der Waals surface area contributed by atoms with E-state index in [9.17, 15) is 9.18 Å². The van der Waals surface area contributed by atoms with Gasteiger partial charge in [0.25, 0.3) is 0 Å². The molecule has 1 aliphatic rings. The highest BCUT2D eigenvalue weighted by Gasteiger charge is 2.20. The van der Waals surface area contributed by atoms with Crippen LogP contribution in [-0.2, 0) is 9.53 Å². The summed E-state index contributed by atoms with van der Waals surface area (Å²) in [6.07, 6.45) is 2.40. The first-order valence-electron chi connectivity index (χ1n) is 7.05. The van der Waals surface area contributed by atoms with Gasteiger partial charge < -0.3 is 14.4 Å². The second kappa shape index (κ2) is 7.24. The van der Waals surface area contributed by atoms with E-state index in [1.54, 1.807) is 0 Å². The highest BCUT2D eigenvalue weighted by Crippen LogP contribution is 2.10. The molecule has 1 aromatic carbocycles. The second-order valence-electron chi connectivity index (χ2n) is 5.20. The van der Waals surface area contributed by atoms with Gasteiger partial charge in [-0.15, -0.1) is 0 Å². The average molecular weight is 282 g/mol. The minimum Gasteiger partial charge on any atom is -0.482 e. The van der Waals surface area contributed by atoms with Crippen LogP contribution in [0.15, 0.2) is 24.3 Å². The maximum atomic E-state index is 12.7. The smallest absolute Gasteiger partial charge is 0.344 e. The number of nitrogens with one attached hydrogen (secondary N) is 1. The predicted octanol–water partition coefficient (Wildman–Crippen LogP) is 0.815. The van der Waals surface area contributed by atoms with Crippen molar-refractivity contribution in [3.05, 3.63) is 30.1 Å². The van der Waals surface area contributed by atoms with Crippen LogP contribution in [-0.4, -0.2) is 38.3 Å². The average Bonchev–Trinajstić information content (AvgIpc) is 2.90. The normalized spacial score (nSPS) is 16.9. The summed E-state index contributed by atoms with van der Waals surface area (Å²) in [7, 11) is 0. The van der Waals surface area contributed by atoms with Crippen LogP contribution in [0.4, 0.5) is 4.39 Å². The molecule has 110 valence electrons. The molecule has 1 fully saturated rings. The summed E-state index contributed by atoms with van der Waals surface area (Å²) in [6, 6.07) is 5.56. The second-order valence-corrected chi connectivity index (χ2v) is 5.20. The molecule has 20 heavy (non-hydrogen) atoms. The third kappa shape index (κ3) is 4.81. The Bertz CT molecular complexity index is 429. The molecular weight excluding hydrogens is 261 g/mol. The van der Waals surface area contributed by atoms with Gasteiger partial charge in [0.1, 0.15) is 24.2 Å². The SMILES string of the molecule is C[C@H](C[NH+]1CCCC1)OC(=O)COc1ccc(F)cc1. The van der Waals surface area contributed by atoms with Crippen molar-refractivity contribution in [3.8, 4) is 5.75 Å². The summed E-state index contributed by atoms with van der Waals surface area (Å²) in [4.78, 5) is 13.1. The van der Waals surface area contributed by atoms with Gasteiger partial charge in [0.15, 0.2) is 6.61 Å². The molecule has 1 atom stereocenters. The van der Waals surface area contributed by atoms with Crippen molar-refractivity contribution in [2.45, 2.75) is 25.9 Å². The Kier molecular flexibility index (Phi) is 5.35. The van der Waals surface area contributed by atoms with Crippen LogP contribution in [0.1, 0.15) is 19.8 Å². The molecule has 0 unspecified atom stereocenters. The van der Waals surface area contributed by atoms with E-state index in [0.29, 0.717) is 5.75 Å². The largest absolute Gasteiger partial charge is 0.482 e. The van der Waals surface area contributed by atoms with Crippen molar-refractivity contribution in [2.75, 3.05) is 26.2 Å². The highest BCUT2D eigenvalue weighted by atomic mass is 19.1. The maximum Gasteiger partial charge on any atom is 0.344 e. The Morgan fingerprint density at radius 1 is 1.30 bits per heavy atom. The fraction of sp³-hybridized carbons (Fsp3) is 0.533. The molecule has 5 heteroatoms. The predicted molar refractivity (Wildman–Crippen MR) is 72.2 cm³/mol. The van der Waals surface area contributed by atoms with E-state index in [1.807, 2.05) is 6.92 Å². The van der Waals surface area contributed by atoms with E-state index in [-0.39, 0.29) is 24.5 Å². The van der Waals surface area contributed by atoms with Gasteiger partial charge in [-0.1, -0.05) is 0 Å². The zero-order valence-electron chi connectivity index (χ0n) is 11.7. The molecule has 0 bridgehead atoms. The van der Waals surface area contributed by atoms with Crippen molar-refractivity contribution >= 4 is 5.97 Å². The number of ether oxygens (including phenoxy) is 2.